The molecule has 1 saturated heterocycles. The molecule has 0 radical (unpaired) electrons. The van der Waals surface area contributed by atoms with E-state index in [4.69, 9.17) is 4.74 Å². The SMILES string of the molecule is CC1CC(OCC(O)CN2CCNCC2)CC(C)(C)C1. The Bertz CT molecular complexity index is 290. The van der Waals surface area contributed by atoms with Crippen LogP contribution in [0.3, 0.4) is 0 Å². The normalized spacial score (nSPS) is 33.0. The van der Waals surface area contributed by atoms with Crippen molar-refractivity contribution in [1.29, 1.82) is 0 Å². The second-order valence-corrected chi connectivity index (χ2v) is 7.57. The van der Waals surface area contributed by atoms with Crippen LogP contribution in [0.1, 0.15) is 40.0 Å². The van der Waals surface area contributed by atoms with Gasteiger partial charge >= 0.3 is 0 Å². The Morgan fingerprint density at radius 3 is 2.65 bits per heavy atom. The summed E-state index contributed by atoms with van der Waals surface area (Å²) in [5.74, 6) is 0.731. The molecule has 118 valence electrons. The number of piperazine rings is 1. The number of β-amino-alcohol motifs (C(OH)–C–C–N with tert-alkyl or cyclic N) is 1. The van der Waals surface area contributed by atoms with Gasteiger partial charge in [0.25, 0.3) is 0 Å². The number of hydrogen-bond donors (Lipinski definition) is 2. The Morgan fingerprint density at radius 2 is 2.00 bits per heavy atom. The highest BCUT2D eigenvalue weighted by Crippen LogP contribution is 2.39. The van der Waals surface area contributed by atoms with Gasteiger partial charge in [-0.05, 0) is 30.6 Å². The molecule has 1 aliphatic carbocycles. The highest BCUT2D eigenvalue weighted by molar-refractivity contribution is 4.83. The quantitative estimate of drug-likeness (QED) is 0.803. The molecule has 1 heterocycles. The molecule has 1 saturated carbocycles. The third kappa shape index (κ3) is 5.32. The number of hydrogen-bond acceptors (Lipinski definition) is 4. The minimum atomic E-state index is -0.353. The molecule has 4 nitrogen and oxygen atoms in total. The summed E-state index contributed by atoms with van der Waals surface area (Å²) in [6.07, 6.45) is 3.53. The van der Waals surface area contributed by atoms with Crippen LogP contribution < -0.4 is 5.32 Å². The molecule has 3 unspecified atom stereocenters. The highest BCUT2D eigenvalue weighted by atomic mass is 16.5. The molecule has 0 aromatic heterocycles. The number of aliphatic hydroxyl groups excluding tert-OH is 1. The van der Waals surface area contributed by atoms with Gasteiger partial charge < -0.3 is 15.2 Å². The van der Waals surface area contributed by atoms with Crippen LogP contribution >= 0.6 is 0 Å². The predicted octanol–water partition coefficient (Wildman–Crippen LogP) is 1.48. The lowest BCUT2D eigenvalue weighted by Crippen LogP contribution is -2.47. The minimum absolute atomic E-state index is 0.325. The smallest absolute Gasteiger partial charge is 0.0900 e. The molecule has 3 atom stereocenters. The Kier molecular flexibility index (Phi) is 5.84. The summed E-state index contributed by atoms with van der Waals surface area (Å²) < 4.78 is 6.00. The second-order valence-electron chi connectivity index (χ2n) is 7.57. The van der Waals surface area contributed by atoms with Crippen molar-refractivity contribution in [1.82, 2.24) is 10.2 Å². The van der Waals surface area contributed by atoms with E-state index >= 15 is 0 Å². The topological polar surface area (TPSA) is 44.7 Å². The van der Waals surface area contributed by atoms with Gasteiger partial charge in [0, 0.05) is 32.7 Å². The first-order chi connectivity index (χ1) is 9.44. The van der Waals surface area contributed by atoms with E-state index in [0.717, 1.165) is 51.5 Å². The summed E-state index contributed by atoms with van der Waals surface area (Å²) in [5.41, 5.74) is 0.381. The lowest BCUT2D eigenvalue weighted by atomic mass is 9.71. The van der Waals surface area contributed by atoms with Gasteiger partial charge in [-0.25, -0.2) is 0 Å². The van der Waals surface area contributed by atoms with E-state index in [-0.39, 0.29) is 6.10 Å². The Balaban J connectivity index is 1.68. The van der Waals surface area contributed by atoms with Crippen molar-refractivity contribution in [3.63, 3.8) is 0 Å². The standard InChI is InChI=1S/C16H32N2O2/c1-13-8-15(10-16(2,3)9-13)20-12-14(19)11-18-6-4-17-5-7-18/h13-15,17,19H,4-12H2,1-3H3. The molecule has 2 rings (SSSR count). The van der Waals surface area contributed by atoms with Gasteiger partial charge in [0.2, 0.25) is 0 Å². The first kappa shape index (κ1) is 16.2. The lowest BCUT2D eigenvalue weighted by Gasteiger charge is -2.39. The first-order valence-electron chi connectivity index (χ1n) is 8.17. The van der Waals surface area contributed by atoms with Crippen molar-refractivity contribution in [2.75, 3.05) is 39.3 Å². The largest absolute Gasteiger partial charge is 0.389 e. The zero-order valence-electron chi connectivity index (χ0n) is 13.4. The van der Waals surface area contributed by atoms with Gasteiger partial charge in [-0.1, -0.05) is 20.8 Å². The summed E-state index contributed by atoms with van der Waals surface area (Å²) in [6.45, 7) is 12.3. The van der Waals surface area contributed by atoms with Crippen molar-refractivity contribution in [3.05, 3.63) is 0 Å². The summed E-state index contributed by atoms with van der Waals surface area (Å²) >= 11 is 0. The van der Waals surface area contributed by atoms with Gasteiger partial charge in [0.1, 0.15) is 0 Å². The van der Waals surface area contributed by atoms with Crippen molar-refractivity contribution in [2.45, 2.75) is 52.2 Å². The molecule has 0 amide bonds. The second kappa shape index (κ2) is 7.21. The molecular weight excluding hydrogens is 252 g/mol. The van der Waals surface area contributed by atoms with Crippen molar-refractivity contribution < 1.29 is 9.84 Å². The molecule has 2 N–H and O–H groups in total. The van der Waals surface area contributed by atoms with Crippen molar-refractivity contribution in [3.8, 4) is 0 Å². The fraction of sp³-hybridized carbons (Fsp3) is 1.00. The van der Waals surface area contributed by atoms with E-state index in [0.29, 0.717) is 18.1 Å². The van der Waals surface area contributed by atoms with Crippen LogP contribution in [0.15, 0.2) is 0 Å². The van der Waals surface area contributed by atoms with Crippen LogP contribution in [0.4, 0.5) is 0 Å². The first-order valence-corrected chi connectivity index (χ1v) is 8.17. The summed E-state index contributed by atoms with van der Waals surface area (Å²) in [4.78, 5) is 2.32. The van der Waals surface area contributed by atoms with Crippen LogP contribution in [0.5, 0.6) is 0 Å². The average Bonchev–Trinajstić information content (AvgIpc) is 2.35. The maximum atomic E-state index is 10.1. The molecule has 0 aromatic rings. The van der Waals surface area contributed by atoms with Crippen LogP contribution in [-0.2, 0) is 4.74 Å². The van der Waals surface area contributed by atoms with E-state index in [1.807, 2.05) is 0 Å². The molecule has 2 aliphatic rings. The minimum Gasteiger partial charge on any atom is -0.389 e. The molecule has 0 spiro atoms. The Labute approximate surface area is 123 Å². The Hall–Kier alpha value is -0.160. The fourth-order valence-corrected chi connectivity index (χ4v) is 3.88. The third-order valence-corrected chi connectivity index (χ3v) is 4.55. The molecular formula is C16H32N2O2. The fourth-order valence-electron chi connectivity index (χ4n) is 3.88. The van der Waals surface area contributed by atoms with E-state index in [9.17, 15) is 5.11 Å². The number of nitrogens with one attached hydrogen (secondary N) is 1. The maximum absolute atomic E-state index is 10.1. The van der Waals surface area contributed by atoms with Gasteiger partial charge in [0.15, 0.2) is 0 Å². The van der Waals surface area contributed by atoms with Crippen LogP contribution in [0.2, 0.25) is 0 Å². The van der Waals surface area contributed by atoms with E-state index in [2.05, 4.69) is 31.0 Å². The summed E-state index contributed by atoms with van der Waals surface area (Å²) in [6, 6.07) is 0. The number of nitrogens with zero attached hydrogens (tertiary/aromatic N) is 1. The van der Waals surface area contributed by atoms with Gasteiger partial charge in [-0.2, -0.15) is 0 Å². The van der Waals surface area contributed by atoms with Crippen molar-refractivity contribution >= 4 is 0 Å². The van der Waals surface area contributed by atoms with Crippen LogP contribution in [0.25, 0.3) is 0 Å². The third-order valence-electron chi connectivity index (χ3n) is 4.55. The zero-order valence-corrected chi connectivity index (χ0v) is 13.4. The van der Waals surface area contributed by atoms with E-state index < -0.39 is 0 Å². The molecule has 20 heavy (non-hydrogen) atoms. The molecule has 0 bridgehead atoms. The van der Waals surface area contributed by atoms with Crippen molar-refractivity contribution in [2.24, 2.45) is 11.3 Å². The van der Waals surface area contributed by atoms with Crippen LogP contribution in [-0.4, -0.2) is 61.5 Å². The number of aliphatic hydroxyl groups is 1. The van der Waals surface area contributed by atoms with E-state index in [1.165, 1.54) is 6.42 Å². The molecule has 0 aromatic carbocycles. The van der Waals surface area contributed by atoms with Crippen LogP contribution in [0, 0.1) is 11.3 Å². The lowest BCUT2D eigenvalue weighted by molar-refractivity contribution is -0.0618. The molecule has 1 aliphatic heterocycles. The predicted molar refractivity (Wildman–Crippen MR) is 81.9 cm³/mol. The average molecular weight is 284 g/mol. The summed E-state index contributed by atoms with van der Waals surface area (Å²) in [7, 11) is 0. The van der Waals surface area contributed by atoms with Gasteiger partial charge in [0.05, 0.1) is 18.8 Å². The monoisotopic (exact) mass is 284 g/mol. The zero-order chi connectivity index (χ0) is 14.6. The highest BCUT2D eigenvalue weighted by Gasteiger charge is 2.32. The summed E-state index contributed by atoms with van der Waals surface area (Å²) in [5, 5.41) is 13.5. The number of rotatable bonds is 5. The Morgan fingerprint density at radius 1 is 1.30 bits per heavy atom. The van der Waals surface area contributed by atoms with Gasteiger partial charge in [-0.3, -0.25) is 4.90 Å². The van der Waals surface area contributed by atoms with E-state index in [1.54, 1.807) is 0 Å². The molecule has 4 heteroatoms. The molecule has 2 fully saturated rings. The number of ether oxygens (including phenoxy) is 1. The van der Waals surface area contributed by atoms with Gasteiger partial charge in [-0.15, -0.1) is 0 Å². The maximum Gasteiger partial charge on any atom is 0.0900 e.